The molecule has 120 valence electrons. The number of hydrogen-bond donors (Lipinski definition) is 1. The number of aryl methyl sites for hydroxylation is 2. The molecule has 3 heteroatoms. The lowest BCUT2D eigenvalue weighted by atomic mass is 9.70. The third-order valence-corrected chi connectivity index (χ3v) is 6.37. The summed E-state index contributed by atoms with van der Waals surface area (Å²) in [5.41, 5.74) is 1.69. The Morgan fingerprint density at radius 1 is 1.19 bits per heavy atom. The van der Waals surface area contributed by atoms with E-state index in [2.05, 4.69) is 51.8 Å². The van der Waals surface area contributed by atoms with Crippen molar-refractivity contribution in [3.8, 4) is 0 Å². The second-order valence-electron chi connectivity index (χ2n) is 7.90. The molecule has 1 N–H and O–H groups in total. The summed E-state index contributed by atoms with van der Waals surface area (Å²) in [7, 11) is 0. The molecule has 1 unspecified atom stereocenters. The standard InChI is InChI=1S/C18H32N2S/c1-12(17-13(2)20-14(3)21-17)19-11-15-7-9-16(10-8-15)18(4,5)6/h12,15-16,19H,7-11H2,1-6H3. The van der Waals surface area contributed by atoms with Crippen molar-refractivity contribution in [2.45, 2.75) is 73.3 Å². The molecule has 0 radical (unpaired) electrons. The number of nitrogens with zero attached hydrogens (tertiary/aromatic N) is 1. The van der Waals surface area contributed by atoms with Crippen LogP contribution >= 0.6 is 11.3 Å². The van der Waals surface area contributed by atoms with Crippen molar-refractivity contribution in [3.05, 3.63) is 15.6 Å². The molecule has 2 nitrogen and oxygen atoms in total. The molecular formula is C18H32N2S. The summed E-state index contributed by atoms with van der Waals surface area (Å²) in [6.45, 7) is 14.9. The van der Waals surface area contributed by atoms with Crippen molar-refractivity contribution in [1.29, 1.82) is 0 Å². The summed E-state index contributed by atoms with van der Waals surface area (Å²) < 4.78 is 0. The van der Waals surface area contributed by atoms with Gasteiger partial charge in [0.2, 0.25) is 0 Å². The third kappa shape index (κ3) is 4.53. The summed E-state index contributed by atoms with van der Waals surface area (Å²) in [5.74, 6) is 1.78. The average Bonchev–Trinajstić information content (AvgIpc) is 2.74. The van der Waals surface area contributed by atoms with Crippen molar-refractivity contribution < 1.29 is 0 Å². The summed E-state index contributed by atoms with van der Waals surface area (Å²) >= 11 is 1.84. The van der Waals surface area contributed by atoms with E-state index in [-0.39, 0.29) is 0 Å². The van der Waals surface area contributed by atoms with Crippen molar-refractivity contribution in [2.75, 3.05) is 6.54 Å². The van der Waals surface area contributed by atoms with Gasteiger partial charge in [0.15, 0.2) is 0 Å². The van der Waals surface area contributed by atoms with Gasteiger partial charge in [-0.05, 0) is 70.3 Å². The minimum absolute atomic E-state index is 0.441. The van der Waals surface area contributed by atoms with Gasteiger partial charge in [-0.3, -0.25) is 0 Å². The van der Waals surface area contributed by atoms with Crippen LogP contribution in [0.1, 0.15) is 75.0 Å². The SMILES string of the molecule is Cc1nc(C)c(C(C)NCC2CCC(C(C)(C)C)CC2)s1. The molecule has 0 amide bonds. The first-order valence-corrected chi connectivity index (χ1v) is 9.26. The Balaban J connectivity index is 1.78. The van der Waals surface area contributed by atoms with E-state index in [9.17, 15) is 0 Å². The van der Waals surface area contributed by atoms with Gasteiger partial charge in [0.1, 0.15) is 0 Å². The quantitative estimate of drug-likeness (QED) is 0.820. The van der Waals surface area contributed by atoms with E-state index in [0.717, 1.165) is 18.4 Å². The Labute approximate surface area is 134 Å². The van der Waals surface area contributed by atoms with E-state index in [4.69, 9.17) is 0 Å². The predicted molar refractivity (Wildman–Crippen MR) is 92.9 cm³/mol. The van der Waals surface area contributed by atoms with Crippen LogP contribution in [0.15, 0.2) is 0 Å². The molecule has 1 fully saturated rings. The van der Waals surface area contributed by atoms with Crippen molar-refractivity contribution in [2.24, 2.45) is 17.3 Å². The Hall–Kier alpha value is -0.410. The highest BCUT2D eigenvalue weighted by atomic mass is 32.1. The fraction of sp³-hybridized carbons (Fsp3) is 0.833. The lowest BCUT2D eigenvalue weighted by Crippen LogP contribution is -2.31. The maximum atomic E-state index is 4.54. The molecule has 0 aromatic carbocycles. The summed E-state index contributed by atoms with van der Waals surface area (Å²) in [6.07, 6.45) is 5.59. The maximum Gasteiger partial charge on any atom is 0.0900 e. The highest BCUT2D eigenvalue weighted by molar-refractivity contribution is 7.11. The van der Waals surface area contributed by atoms with Crippen LogP contribution in [-0.2, 0) is 0 Å². The van der Waals surface area contributed by atoms with Crippen LogP contribution in [0, 0.1) is 31.1 Å². The van der Waals surface area contributed by atoms with Crippen molar-refractivity contribution in [3.63, 3.8) is 0 Å². The molecule has 0 saturated heterocycles. The second-order valence-corrected chi connectivity index (χ2v) is 9.13. The molecule has 2 rings (SSSR count). The van der Waals surface area contributed by atoms with Crippen LogP contribution in [0.4, 0.5) is 0 Å². The molecule has 1 aliphatic rings. The first-order valence-electron chi connectivity index (χ1n) is 8.44. The first-order chi connectivity index (χ1) is 9.77. The minimum atomic E-state index is 0.441. The fourth-order valence-electron chi connectivity index (χ4n) is 3.62. The number of rotatable bonds is 4. The van der Waals surface area contributed by atoms with E-state index < -0.39 is 0 Å². The van der Waals surface area contributed by atoms with Gasteiger partial charge in [0.25, 0.3) is 0 Å². The van der Waals surface area contributed by atoms with Gasteiger partial charge in [-0.2, -0.15) is 0 Å². The fourth-order valence-corrected chi connectivity index (χ4v) is 4.57. The van der Waals surface area contributed by atoms with Gasteiger partial charge in [0, 0.05) is 10.9 Å². The van der Waals surface area contributed by atoms with E-state index in [1.165, 1.54) is 41.3 Å². The zero-order valence-corrected chi connectivity index (χ0v) is 15.4. The molecule has 0 aliphatic heterocycles. The molecule has 1 aromatic heterocycles. The first kappa shape index (κ1) is 17.0. The Kier molecular flexibility index (Phi) is 5.48. The van der Waals surface area contributed by atoms with Crippen molar-refractivity contribution in [1.82, 2.24) is 10.3 Å². The average molecular weight is 309 g/mol. The third-order valence-electron chi connectivity index (χ3n) is 5.12. The molecule has 21 heavy (non-hydrogen) atoms. The highest BCUT2D eigenvalue weighted by Gasteiger charge is 2.29. The number of thiazole rings is 1. The number of aromatic nitrogens is 1. The van der Waals surface area contributed by atoms with Gasteiger partial charge in [-0.15, -0.1) is 11.3 Å². The molecule has 1 aromatic rings. The maximum absolute atomic E-state index is 4.54. The van der Waals surface area contributed by atoms with Gasteiger partial charge in [0.05, 0.1) is 10.7 Å². The van der Waals surface area contributed by atoms with Crippen molar-refractivity contribution >= 4 is 11.3 Å². The lowest BCUT2D eigenvalue weighted by Gasteiger charge is -2.37. The van der Waals surface area contributed by atoms with E-state index in [1.54, 1.807) is 0 Å². The zero-order valence-electron chi connectivity index (χ0n) is 14.6. The molecule has 1 atom stereocenters. The molecule has 1 heterocycles. The van der Waals surface area contributed by atoms with E-state index in [0.29, 0.717) is 11.5 Å². The van der Waals surface area contributed by atoms with Gasteiger partial charge >= 0.3 is 0 Å². The predicted octanol–water partition coefficient (Wildman–Crippen LogP) is 5.26. The molecular weight excluding hydrogens is 276 g/mol. The molecule has 0 bridgehead atoms. The summed E-state index contributed by atoms with van der Waals surface area (Å²) in [6, 6.07) is 0.441. The summed E-state index contributed by atoms with van der Waals surface area (Å²) in [5, 5.41) is 4.93. The monoisotopic (exact) mass is 308 g/mol. The number of hydrogen-bond acceptors (Lipinski definition) is 3. The van der Waals surface area contributed by atoms with E-state index in [1.807, 2.05) is 11.3 Å². The van der Waals surface area contributed by atoms with Gasteiger partial charge in [-0.1, -0.05) is 20.8 Å². The normalized spacial score (nSPS) is 25.0. The zero-order chi connectivity index (χ0) is 15.6. The van der Waals surface area contributed by atoms with Crippen LogP contribution in [0.5, 0.6) is 0 Å². The van der Waals surface area contributed by atoms with Crippen LogP contribution in [-0.4, -0.2) is 11.5 Å². The Morgan fingerprint density at radius 3 is 2.29 bits per heavy atom. The van der Waals surface area contributed by atoms with Crippen LogP contribution in [0.25, 0.3) is 0 Å². The second kappa shape index (κ2) is 6.78. The Bertz CT molecular complexity index is 450. The van der Waals surface area contributed by atoms with Crippen LogP contribution in [0.2, 0.25) is 0 Å². The highest BCUT2D eigenvalue weighted by Crippen LogP contribution is 2.39. The number of nitrogens with one attached hydrogen (secondary N) is 1. The van der Waals surface area contributed by atoms with Gasteiger partial charge in [-0.25, -0.2) is 4.98 Å². The topological polar surface area (TPSA) is 24.9 Å². The lowest BCUT2D eigenvalue weighted by molar-refractivity contribution is 0.148. The van der Waals surface area contributed by atoms with Crippen LogP contribution < -0.4 is 5.32 Å². The Morgan fingerprint density at radius 2 is 1.81 bits per heavy atom. The van der Waals surface area contributed by atoms with E-state index >= 15 is 0 Å². The van der Waals surface area contributed by atoms with Gasteiger partial charge < -0.3 is 5.32 Å². The minimum Gasteiger partial charge on any atom is -0.309 e. The smallest absolute Gasteiger partial charge is 0.0900 e. The molecule has 1 aliphatic carbocycles. The summed E-state index contributed by atoms with van der Waals surface area (Å²) in [4.78, 5) is 5.96. The molecule has 0 spiro atoms. The van der Waals surface area contributed by atoms with Crippen LogP contribution in [0.3, 0.4) is 0 Å². The molecule has 1 saturated carbocycles. The largest absolute Gasteiger partial charge is 0.309 e.